The minimum Gasteiger partial charge on any atom is -0.356 e. The topological polar surface area (TPSA) is 45.2 Å². The van der Waals surface area contributed by atoms with Crippen LogP contribution in [0.5, 0.6) is 0 Å². The lowest BCUT2D eigenvalue weighted by molar-refractivity contribution is 0.734. The lowest BCUT2D eigenvalue weighted by atomic mass is 10.3. The van der Waals surface area contributed by atoms with E-state index in [2.05, 4.69) is 45.8 Å². The van der Waals surface area contributed by atoms with Crippen LogP contribution in [0.2, 0.25) is 0 Å². The van der Waals surface area contributed by atoms with Gasteiger partial charge in [0.25, 0.3) is 0 Å². The summed E-state index contributed by atoms with van der Waals surface area (Å²) >= 11 is 0. The molecule has 0 aliphatic carbocycles. The highest BCUT2D eigenvalue weighted by molar-refractivity contribution is 5.40. The van der Waals surface area contributed by atoms with Crippen LogP contribution in [0.25, 0.3) is 0 Å². The van der Waals surface area contributed by atoms with Gasteiger partial charge in [0.05, 0.1) is 6.20 Å². The molecule has 17 heavy (non-hydrogen) atoms. The van der Waals surface area contributed by atoms with E-state index in [0.29, 0.717) is 5.95 Å². The van der Waals surface area contributed by atoms with Gasteiger partial charge in [0, 0.05) is 26.7 Å². The van der Waals surface area contributed by atoms with Gasteiger partial charge in [-0.3, -0.25) is 0 Å². The Balaban J connectivity index is 2.77. The molecular weight excluding hydrogens is 214 g/mol. The molecule has 0 saturated carbocycles. The molecule has 0 atom stereocenters. The van der Waals surface area contributed by atoms with Gasteiger partial charge in [0.1, 0.15) is 0 Å². The van der Waals surface area contributed by atoms with E-state index in [1.54, 1.807) is 6.20 Å². The predicted molar refractivity (Wildman–Crippen MR) is 71.6 cm³/mol. The van der Waals surface area contributed by atoms with Crippen LogP contribution in [0.4, 0.5) is 11.8 Å². The zero-order valence-corrected chi connectivity index (χ0v) is 11.3. The lowest BCUT2D eigenvalue weighted by Crippen LogP contribution is -2.26. The van der Waals surface area contributed by atoms with Gasteiger partial charge < -0.3 is 9.80 Å². The molecule has 1 aromatic heterocycles. The highest BCUT2D eigenvalue weighted by Crippen LogP contribution is 2.12. The molecule has 0 saturated heterocycles. The van der Waals surface area contributed by atoms with Crippen molar-refractivity contribution >= 4 is 11.8 Å². The van der Waals surface area contributed by atoms with Crippen molar-refractivity contribution in [1.82, 2.24) is 15.2 Å². The predicted octanol–water partition coefficient (Wildman–Crippen LogP) is 1.95. The first kappa shape index (κ1) is 13.7. The number of aromatic nitrogens is 3. The van der Waals surface area contributed by atoms with Crippen molar-refractivity contribution in [3.8, 4) is 0 Å². The maximum atomic E-state index is 4.55. The molecule has 5 heteroatoms. The molecule has 0 aliphatic rings. The fourth-order valence-corrected chi connectivity index (χ4v) is 1.64. The minimum absolute atomic E-state index is 0.711. The van der Waals surface area contributed by atoms with E-state index in [1.165, 1.54) is 6.42 Å². The summed E-state index contributed by atoms with van der Waals surface area (Å²) in [5, 5.41) is 8.12. The number of hydrogen-bond acceptors (Lipinski definition) is 5. The molecule has 0 fully saturated rings. The van der Waals surface area contributed by atoms with Crippen LogP contribution in [0, 0.1) is 0 Å². The van der Waals surface area contributed by atoms with E-state index in [1.807, 2.05) is 7.05 Å². The Morgan fingerprint density at radius 1 is 1.18 bits per heavy atom. The molecule has 0 unspecified atom stereocenters. The molecule has 1 aromatic rings. The van der Waals surface area contributed by atoms with E-state index < -0.39 is 0 Å². The molecule has 0 N–H and O–H groups in total. The number of anilines is 2. The van der Waals surface area contributed by atoms with E-state index in [-0.39, 0.29) is 0 Å². The Morgan fingerprint density at radius 2 is 1.88 bits per heavy atom. The second-order valence-electron chi connectivity index (χ2n) is 4.06. The second kappa shape index (κ2) is 7.04. The third kappa shape index (κ3) is 3.84. The van der Waals surface area contributed by atoms with Gasteiger partial charge in [-0.15, -0.1) is 5.10 Å². The smallest absolute Gasteiger partial charge is 0.247 e. The SMILES string of the molecule is CCCCN(C)c1nncc(N(CC)CC)n1. The summed E-state index contributed by atoms with van der Waals surface area (Å²) in [7, 11) is 2.01. The second-order valence-corrected chi connectivity index (χ2v) is 4.06. The summed E-state index contributed by atoms with van der Waals surface area (Å²) in [6.07, 6.45) is 4.05. The first-order valence-electron chi connectivity index (χ1n) is 6.38. The van der Waals surface area contributed by atoms with Crippen molar-refractivity contribution in [3.63, 3.8) is 0 Å². The summed E-state index contributed by atoms with van der Waals surface area (Å²) < 4.78 is 0. The van der Waals surface area contributed by atoms with Crippen molar-refractivity contribution < 1.29 is 0 Å². The molecule has 0 amide bonds. The molecular formula is C12H23N5. The Morgan fingerprint density at radius 3 is 2.47 bits per heavy atom. The Bertz CT molecular complexity index is 324. The summed E-state index contributed by atoms with van der Waals surface area (Å²) in [6.45, 7) is 9.26. The molecule has 96 valence electrons. The number of hydrogen-bond donors (Lipinski definition) is 0. The van der Waals surface area contributed by atoms with Gasteiger partial charge >= 0.3 is 0 Å². The average Bonchev–Trinajstić information content (AvgIpc) is 2.38. The molecule has 0 spiro atoms. The van der Waals surface area contributed by atoms with Crippen molar-refractivity contribution in [2.45, 2.75) is 33.6 Å². The fraction of sp³-hybridized carbons (Fsp3) is 0.750. The van der Waals surface area contributed by atoms with Crippen LogP contribution in [0.1, 0.15) is 33.6 Å². The van der Waals surface area contributed by atoms with Crippen LogP contribution in [-0.2, 0) is 0 Å². The molecule has 0 radical (unpaired) electrons. The zero-order chi connectivity index (χ0) is 12.7. The maximum absolute atomic E-state index is 4.55. The van der Waals surface area contributed by atoms with Gasteiger partial charge in [0.2, 0.25) is 5.95 Å². The first-order valence-corrected chi connectivity index (χ1v) is 6.38. The summed E-state index contributed by atoms with van der Waals surface area (Å²) in [6, 6.07) is 0. The molecule has 5 nitrogen and oxygen atoms in total. The average molecular weight is 237 g/mol. The van der Waals surface area contributed by atoms with E-state index in [0.717, 1.165) is 31.9 Å². The Kier molecular flexibility index (Phi) is 5.66. The van der Waals surface area contributed by atoms with Crippen LogP contribution in [-0.4, -0.2) is 41.9 Å². The largest absolute Gasteiger partial charge is 0.356 e. The summed E-state index contributed by atoms with van der Waals surface area (Å²) in [4.78, 5) is 8.78. The lowest BCUT2D eigenvalue weighted by Gasteiger charge is -2.21. The highest BCUT2D eigenvalue weighted by Gasteiger charge is 2.09. The molecule has 1 heterocycles. The van der Waals surface area contributed by atoms with E-state index >= 15 is 0 Å². The van der Waals surface area contributed by atoms with Crippen molar-refractivity contribution in [1.29, 1.82) is 0 Å². The van der Waals surface area contributed by atoms with Gasteiger partial charge in [-0.1, -0.05) is 13.3 Å². The zero-order valence-electron chi connectivity index (χ0n) is 11.3. The van der Waals surface area contributed by atoms with Gasteiger partial charge in [-0.2, -0.15) is 10.1 Å². The Hall–Kier alpha value is -1.39. The Labute approximate surface area is 104 Å². The summed E-state index contributed by atoms with van der Waals surface area (Å²) in [5.74, 6) is 1.62. The van der Waals surface area contributed by atoms with Crippen LogP contribution in [0.15, 0.2) is 6.20 Å². The van der Waals surface area contributed by atoms with E-state index in [4.69, 9.17) is 0 Å². The fourth-order valence-electron chi connectivity index (χ4n) is 1.64. The molecule has 1 rings (SSSR count). The van der Waals surface area contributed by atoms with Crippen molar-refractivity contribution in [3.05, 3.63) is 6.20 Å². The van der Waals surface area contributed by atoms with Crippen LogP contribution in [0.3, 0.4) is 0 Å². The molecule has 0 aromatic carbocycles. The standard InChI is InChI=1S/C12H23N5/c1-5-8-9-16(4)12-14-11(10-13-15-12)17(6-2)7-3/h10H,5-9H2,1-4H3. The third-order valence-electron chi connectivity index (χ3n) is 2.81. The van der Waals surface area contributed by atoms with Crippen molar-refractivity contribution in [2.24, 2.45) is 0 Å². The van der Waals surface area contributed by atoms with Gasteiger partial charge in [-0.25, -0.2) is 0 Å². The number of rotatable bonds is 7. The maximum Gasteiger partial charge on any atom is 0.247 e. The number of nitrogens with zero attached hydrogens (tertiary/aromatic N) is 5. The number of unbranched alkanes of at least 4 members (excludes halogenated alkanes) is 1. The van der Waals surface area contributed by atoms with Gasteiger partial charge in [0.15, 0.2) is 5.82 Å². The molecule has 0 bridgehead atoms. The summed E-state index contributed by atoms with van der Waals surface area (Å²) in [5.41, 5.74) is 0. The quantitative estimate of drug-likeness (QED) is 0.725. The highest BCUT2D eigenvalue weighted by atomic mass is 15.3. The van der Waals surface area contributed by atoms with Crippen LogP contribution >= 0.6 is 0 Å². The molecule has 0 aliphatic heterocycles. The third-order valence-corrected chi connectivity index (χ3v) is 2.81. The van der Waals surface area contributed by atoms with Crippen LogP contribution < -0.4 is 9.80 Å². The minimum atomic E-state index is 0.711. The van der Waals surface area contributed by atoms with Crippen molar-refractivity contribution in [2.75, 3.05) is 36.5 Å². The normalized spacial score (nSPS) is 10.4. The monoisotopic (exact) mass is 237 g/mol. The first-order chi connectivity index (χ1) is 8.22. The van der Waals surface area contributed by atoms with Gasteiger partial charge in [-0.05, 0) is 20.3 Å². The van der Waals surface area contributed by atoms with E-state index in [9.17, 15) is 0 Å².